The van der Waals surface area contributed by atoms with Gasteiger partial charge in [0, 0.05) is 5.92 Å². The first-order valence-corrected chi connectivity index (χ1v) is 4.30. The van der Waals surface area contributed by atoms with Crippen LogP contribution >= 0.6 is 0 Å². The van der Waals surface area contributed by atoms with Gasteiger partial charge in [-0.1, -0.05) is 12.2 Å². The van der Waals surface area contributed by atoms with Crippen LogP contribution in [0.15, 0.2) is 12.2 Å². The van der Waals surface area contributed by atoms with Gasteiger partial charge in [0.05, 0.1) is 12.5 Å². The fraction of sp³-hybridized carbons (Fsp3) is 0.600. The molecular weight excluding hydrogens is 150 g/mol. The van der Waals surface area contributed by atoms with Gasteiger partial charge in [0.1, 0.15) is 5.78 Å². The molecule has 1 saturated carbocycles. The summed E-state index contributed by atoms with van der Waals surface area (Å²) >= 11 is 0. The van der Waals surface area contributed by atoms with E-state index in [-0.39, 0.29) is 18.1 Å². The third-order valence-electron chi connectivity index (χ3n) is 2.40. The van der Waals surface area contributed by atoms with Crippen molar-refractivity contribution in [2.45, 2.75) is 32.1 Å². The minimum Gasteiger partial charge on any atom is -0.298 e. The van der Waals surface area contributed by atoms with E-state index in [2.05, 4.69) is 6.58 Å². The summed E-state index contributed by atoms with van der Waals surface area (Å²) in [6, 6.07) is 1.90. The number of ketones is 1. The minimum absolute atomic E-state index is 0.0805. The summed E-state index contributed by atoms with van der Waals surface area (Å²) in [5.41, 5.74) is 1.25. The fourth-order valence-corrected chi connectivity index (χ4v) is 1.57. The normalized spacial score (nSPS) is 18.8. The van der Waals surface area contributed by atoms with Crippen LogP contribution in [0.3, 0.4) is 0 Å². The number of carbonyl (C=O) groups is 1. The number of allylic oxidation sites excluding steroid dienone is 1. The van der Waals surface area contributed by atoms with E-state index in [1.165, 1.54) is 5.57 Å². The molecule has 0 aromatic carbocycles. The number of hydrogen-bond acceptors (Lipinski definition) is 2. The average Bonchev–Trinajstić information content (AvgIpc) is 2.06. The van der Waals surface area contributed by atoms with Crippen LogP contribution in [-0.2, 0) is 4.79 Å². The molecule has 0 heterocycles. The Balaban J connectivity index is 2.40. The molecule has 0 amide bonds. The maximum absolute atomic E-state index is 11.3. The molecule has 1 fully saturated rings. The van der Waals surface area contributed by atoms with Gasteiger partial charge < -0.3 is 0 Å². The van der Waals surface area contributed by atoms with E-state index in [1.807, 2.05) is 6.07 Å². The standard InChI is InChI=1S/C10H13NO/c1-8-2-4-9(5-3-8)10(12)6-7-11/h9H,1-6H2. The van der Waals surface area contributed by atoms with Gasteiger partial charge >= 0.3 is 0 Å². The zero-order valence-electron chi connectivity index (χ0n) is 7.18. The Labute approximate surface area is 72.9 Å². The van der Waals surface area contributed by atoms with E-state index >= 15 is 0 Å². The molecule has 1 aliphatic carbocycles. The van der Waals surface area contributed by atoms with Gasteiger partial charge in [-0.3, -0.25) is 4.79 Å². The second-order valence-electron chi connectivity index (χ2n) is 3.33. The van der Waals surface area contributed by atoms with Crippen LogP contribution in [0, 0.1) is 17.2 Å². The highest BCUT2D eigenvalue weighted by Gasteiger charge is 2.21. The molecule has 1 rings (SSSR count). The molecule has 0 aromatic rings. The molecule has 1 aliphatic rings. The average molecular weight is 163 g/mol. The highest BCUT2D eigenvalue weighted by molar-refractivity contribution is 5.83. The lowest BCUT2D eigenvalue weighted by Gasteiger charge is -2.20. The second kappa shape index (κ2) is 4.06. The number of rotatable bonds is 2. The van der Waals surface area contributed by atoms with Crippen molar-refractivity contribution in [2.24, 2.45) is 5.92 Å². The molecule has 0 spiro atoms. The molecular formula is C10H13NO. The maximum Gasteiger partial charge on any atom is 0.149 e. The molecule has 0 N–H and O–H groups in total. The minimum atomic E-state index is 0.0805. The molecule has 2 heteroatoms. The number of nitriles is 1. The van der Waals surface area contributed by atoms with Crippen LogP contribution in [0.4, 0.5) is 0 Å². The van der Waals surface area contributed by atoms with Crippen LogP contribution in [0.5, 0.6) is 0 Å². The molecule has 0 aromatic heterocycles. The number of Topliss-reactive ketones (excluding diaryl/α,β-unsaturated/α-hetero) is 1. The molecule has 64 valence electrons. The smallest absolute Gasteiger partial charge is 0.149 e. The van der Waals surface area contributed by atoms with Crippen molar-refractivity contribution in [1.82, 2.24) is 0 Å². The van der Waals surface area contributed by atoms with Crippen molar-refractivity contribution in [3.63, 3.8) is 0 Å². The number of hydrogen-bond donors (Lipinski definition) is 0. The van der Waals surface area contributed by atoms with Gasteiger partial charge in [0.15, 0.2) is 0 Å². The first kappa shape index (κ1) is 8.99. The number of nitrogens with zero attached hydrogens (tertiary/aromatic N) is 1. The van der Waals surface area contributed by atoms with E-state index in [4.69, 9.17) is 5.26 Å². The second-order valence-corrected chi connectivity index (χ2v) is 3.33. The van der Waals surface area contributed by atoms with Crippen molar-refractivity contribution in [3.05, 3.63) is 12.2 Å². The first-order chi connectivity index (χ1) is 5.74. The van der Waals surface area contributed by atoms with Gasteiger partial charge in [-0.2, -0.15) is 5.26 Å². The zero-order valence-corrected chi connectivity index (χ0v) is 7.18. The SMILES string of the molecule is C=C1CCC(C(=O)CC#N)CC1. The molecule has 2 nitrogen and oxygen atoms in total. The van der Waals surface area contributed by atoms with Crippen molar-refractivity contribution in [3.8, 4) is 6.07 Å². The third-order valence-corrected chi connectivity index (χ3v) is 2.40. The monoisotopic (exact) mass is 163 g/mol. The molecule has 0 atom stereocenters. The van der Waals surface area contributed by atoms with Gasteiger partial charge in [-0.25, -0.2) is 0 Å². The topological polar surface area (TPSA) is 40.9 Å². The van der Waals surface area contributed by atoms with E-state index in [9.17, 15) is 4.79 Å². The molecule has 12 heavy (non-hydrogen) atoms. The summed E-state index contributed by atoms with van der Waals surface area (Å²) in [6.07, 6.45) is 3.81. The van der Waals surface area contributed by atoms with Crippen LogP contribution in [-0.4, -0.2) is 5.78 Å². The summed E-state index contributed by atoms with van der Waals surface area (Å²) in [4.78, 5) is 11.3. The Hall–Kier alpha value is -1.10. The van der Waals surface area contributed by atoms with Crippen LogP contribution in [0.1, 0.15) is 32.1 Å². The first-order valence-electron chi connectivity index (χ1n) is 4.30. The molecule has 0 bridgehead atoms. The Kier molecular flexibility index (Phi) is 3.04. The van der Waals surface area contributed by atoms with Crippen LogP contribution in [0.2, 0.25) is 0 Å². The Morgan fingerprint density at radius 2 is 2.17 bits per heavy atom. The summed E-state index contributed by atoms with van der Waals surface area (Å²) in [6.45, 7) is 3.88. The molecule has 0 unspecified atom stereocenters. The largest absolute Gasteiger partial charge is 0.298 e. The Bertz CT molecular complexity index is 227. The lowest BCUT2D eigenvalue weighted by atomic mass is 9.83. The quantitative estimate of drug-likeness (QED) is 0.585. The predicted molar refractivity (Wildman–Crippen MR) is 46.3 cm³/mol. The van der Waals surface area contributed by atoms with E-state index in [0.29, 0.717) is 0 Å². The molecule has 0 saturated heterocycles. The Morgan fingerprint density at radius 1 is 1.58 bits per heavy atom. The fourth-order valence-electron chi connectivity index (χ4n) is 1.57. The Morgan fingerprint density at radius 3 is 2.67 bits per heavy atom. The lowest BCUT2D eigenvalue weighted by molar-refractivity contribution is -0.122. The number of carbonyl (C=O) groups excluding carboxylic acids is 1. The van der Waals surface area contributed by atoms with E-state index in [1.54, 1.807) is 0 Å². The third kappa shape index (κ3) is 2.20. The zero-order chi connectivity index (χ0) is 8.97. The molecule has 0 aliphatic heterocycles. The van der Waals surface area contributed by atoms with E-state index in [0.717, 1.165) is 25.7 Å². The molecule has 0 radical (unpaired) electrons. The van der Waals surface area contributed by atoms with Crippen molar-refractivity contribution >= 4 is 5.78 Å². The van der Waals surface area contributed by atoms with Gasteiger partial charge in [-0.15, -0.1) is 0 Å². The summed E-state index contributed by atoms with van der Waals surface area (Å²) in [5, 5.41) is 8.33. The van der Waals surface area contributed by atoms with Crippen LogP contribution < -0.4 is 0 Å². The van der Waals surface area contributed by atoms with Crippen molar-refractivity contribution in [2.75, 3.05) is 0 Å². The van der Waals surface area contributed by atoms with Gasteiger partial charge in [0.25, 0.3) is 0 Å². The van der Waals surface area contributed by atoms with Crippen molar-refractivity contribution < 1.29 is 4.79 Å². The lowest BCUT2D eigenvalue weighted by Crippen LogP contribution is -2.17. The highest BCUT2D eigenvalue weighted by Crippen LogP contribution is 2.27. The summed E-state index contributed by atoms with van der Waals surface area (Å²) in [5.74, 6) is 0.250. The van der Waals surface area contributed by atoms with Gasteiger partial charge in [-0.05, 0) is 25.7 Å². The maximum atomic E-state index is 11.3. The summed E-state index contributed by atoms with van der Waals surface area (Å²) in [7, 11) is 0. The van der Waals surface area contributed by atoms with Crippen LogP contribution in [0.25, 0.3) is 0 Å². The van der Waals surface area contributed by atoms with E-state index < -0.39 is 0 Å². The highest BCUT2D eigenvalue weighted by atomic mass is 16.1. The predicted octanol–water partition coefficient (Wildman–Crippen LogP) is 2.22. The van der Waals surface area contributed by atoms with Crippen molar-refractivity contribution in [1.29, 1.82) is 5.26 Å². The summed E-state index contributed by atoms with van der Waals surface area (Å²) < 4.78 is 0. The van der Waals surface area contributed by atoms with Gasteiger partial charge in [0.2, 0.25) is 0 Å².